The van der Waals surface area contributed by atoms with Crippen LogP contribution in [0.15, 0.2) is 54.0 Å². The third-order valence-electron chi connectivity index (χ3n) is 5.67. The average molecular weight is 470 g/mol. The van der Waals surface area contributed by atoms with Crippen molar-refractivity contribution >= 4 is 16.7 Å². The molecule has 1 atom stereocenters. The summed E-state index contributed by atoms with van der Waals surface area (Å²) in [5.41, 5.74) is 5.42. The molecule has 0 radical (unpaired) electrons. The minimum absolute atomic E-state index is 0.215. The van der Waals surface area contributed by atoms with Crippen LogP contribution in [0.5, 0.6) is 5.88 Å². The van der Waals surface area contributed by atoms with Crippen LogP contribution in [0.2, 0.25) is 0 Å². The molecule has 1 N–H and O–H groups in total. The second-order valence-corrected chi connectivity index (χ2v) is 7.98. The fourth-order valence-corrected chi connectivity index (χ4v) is 4.01. The fraction of sp³-hybridized carbons (Fsp3) is 0.261. The molecule has 0 bridgehead atoms. The standard InChI is InChI=1S/C23H21F3N6O2/c1-13-9-32(12-27-13)19-7-6-17(29-22(19)33-3)21-28-18(11-34-30-21)16-10-31(2)20-8-14(23(24,25)26)4-5-15(16)20/h4-10,12,18H,11H2,1-3H3,(H,28,30). The highest BCUT2D eigenvalue weighted by Gasteiger charge is 2.31. The van der Waals surface area contributed by atoms with Gasteiger partial charge in [0, 0.05) is 35.9 Å². The maximum absolute atomic E-state index is 13.2. The van der Waals surface area contributed by atoms with Crippen LogP contribution in [0.3, 0.4) is 0 Å². The number of alkyl halides is 3. The molecule has 0 fully saturated rings. The van der Waals surface area contributed by atoms with Crippen molar-refractivity contribution in [2.45, 2.75) is 19.1 Å². The third kappa shape index (κ3) is 3.87. The molecule has 4 aromatic rings. The van der Waals surface area contributed by atoms with Gasteiger partial charge < -0.3 is 13.9 Å². The summed E-state index contributed by atoms with van der Waals surface area (Å²) < 4.78 is 48.4. The number of imidazole rings is 1. The van der Waals surface area contributed by atoms with Gasteiger partial charge in [-0.15, -0.1) is 0 Å². The van der Waals surface area contributed by atoms with Crippen LogP contribution in [0.25, 0.3) is 16.6 Å². The SMILES string of the molecule is COc1nc(C2=NC(c3cn(C)c4cc(C(F)(F)F)ccc34)CON2)ccc1-n1cnc(C)c1. The van der Waals surface area contributed by atoms with E-state index in [2.05, 4.69) is 15.4 Å². The van der Waals surface area contributed by atoms with E-state index >= 15 is 0 Å². The van der Waals surface area contributed by atoms with Crippen molar-refractivity contribution in [3.63, 3.8) is 0 Å². The number of rotatable bonds is 4. The predicted molar refractivity (Wildman–Crippen MR) is 119 cm³/mol. The molecular weight excluding hydrogens is 449 g/mol. The zero-order valence-corrected chi connectivity index (χ0v) is 18.6. The first-order chi connectivity index (χ1) is 16.2. The highest BCUT2D eigenvalue weighted by molar-refractivity contribution is 5.97. The monoisotopic (exact) mass is 470 g/mol. The molecule has 176 valence electrons. The smallest absolute Gasteiger partial charge is 0.416 e. The van der Waals surface area contributed by atoms with Gasteiger partial charge in [0.05, 0.1) is 24.7 Å². The van der Waals surface area contributed by atoms with Crippen LogP contribution < -0.4 is 10.2 Å². The number of halogens is 3. The lowest BCUT2D eigenvalue weighted by Gasteiger charge is -2.22. The topological polar surface area (TPSA) is 78.5 Å². The maximum Gasteiger partial charge on any atom is 0.416 e. The number of hydrogen-bond donors (Lipinski definition) is 1. The Kier molecular flexibility index (Phi) is 5.28. The van der Waals surface area contributed by atoms with E-state index in [0.29, 0.717) is 28.3 Å². The van der Waals surface area contributed by atoms with E-state index in [1.807, 2.05) is 23.8 Å². The number of nitrogens with one attached hydrogen (secondary N) is 1. The van der Waals surface area contributed by atoms with Gasteiger partial charge in [-0.3, -0.25) is 9.83 Å². The molecule has 1 unspecified atom stereocenters. The molecule has 0 saturated heterocycles. The van der Waals surface area contributed by atoms with E-state index in [-0.39, 0.29) is 6.61 Å². The summed E-state index contributed by atoms with van der Waals surface area (Å²) in [6, 6.07) is 6.90. The zero-order chi connectivity index (χ0) is 24.0. The van der Waals surface area contributed by atoms with Gasteiger partial charge in [-0.1, -0.05) is 6.07 Å². The quantitative estimate of drug-likeness (QED) is 0.486. The van der Waals surface area contributed by atoms with Crippen molar-refractivity contribution < 1.29 is 22.7 Å². The molecule has 1 aliphatic rings. The highest BCUT2D eigenvalue weighted by atomic mass is 19.4. The first-order valence-electron chi connectivity index (χ1n) is 10.4. The lowest BCUT2D eigenvalue weighted by molar-refractivity contribution is -0.137. The van der Waals surface area contributed by atoms with Crippen LogP contribution in [0.1, 0.15) is 28.6 Å². The predicted octanol–water partition coefficient (Wildman–Crippen LogP) is 4.12. The molecule has 0 amide bonds. The first kappa shape index (κ1) is 22.0. The van der Waals surface area contributed by atoms with E-state index in [1.165, 1.54) is 13.2 Å². The van der Waals surface area contributed by atoms with Gasteiger partial charge in [-0.2, -0.15) is 13.2 Å². The number of ether oxygens (including phenoxy) is 1. The molecule has 0 spiro atoms. The molecule has 5 rings (SSSR count). The number of pyridine rings is 1. The number of hydroxylamine groups is 1. The molecule has 1 aromatic carbocycles. The number of aliphatic imine (C=N–C) groups is 1. The minimum Gasteiger partial charge on any atom is -0.479 e. The summed E-state index contributed by atoms with van der Waals surface area (Å²) in [5, 5.41) is 0.686. The van der Waals surface area contributed by atoms with Gasteiger partial charge in [-0.25, -0.2) is 15.4 Å². The van der Waals surface area contributed by atoms with Crippen LogP contribution in [-0.2, 0) is 18.1 Å². The Morgan fingerprint density at radius 3 is 2.71 bits per heavy atom. The van der Waals surface area contributed by atoms with Gasteiger partial charge in [0.2, 0.25) is 5.88 Å². The van der Waals surface area contributed by atoms with Crippen molar-refractivity contribution in [3.8, 4) is 11.6 Å². The van der Waals surface area contributed by atoms with Gasteiger partial charge in [0.1, 0.15) is 24.0 Å². The van der Waals surface area contributed by atoms with E-state index < -0.39 is 17.8 Å². The molecular formula is C23H21F3N6O2. The molecule has 1 aliphatic heterocycles. The van der Waals surface area contributed by atoms with E-state index in [9.17, 15) is 13.2 Å². The van der Waals surface area contributed by atoms with Crippen molar-refractivity contribution in [3.05, 3.63) is 71.6 Å². The molecule has 34 heavy (non-hydrogen) atoms. The molecule has 0 saturated carbocycles. The van der Waals surface area contributed by atoms with Crippen molar-refractivity contribution in [2.24, 2.45) is 12.0 Å². The van der Waals surface area contributed by atoms with Crippen LogP contribution in [-0.4, -0.2) is 38.7 Å². The Morgan fingerprint density at radius 1 is 1.18 bits per heavy atom. The second-order valence-electron chi connectivity index (χ2n) is 7.98. The minimum atomic E-state index is -4.41. The number of methoxy groups -OCH3 is 1. The Bertz CT molecular complexity index is 1410. The van der Waals surface area contributed by atoms with E-state index in [4.69, 9.17) is 14.6 Å². The van der Waals surface area contributed by atoms with Gasteiger partial charge in [0.15, 0.2) is 5.84 Å². The fourth-order valence-electron chi connectivity index (χ4n) is 4.01. The van der Waals surface area contributed by atoms with E-state index in [1.54, 1.807) is 30.2 Å². The number of fused-ring (bicyclic) bond motifs is 1. The number of benzene rings is 1. The first-order valence-corrected chi connectivity index (χ1v) is 10.4. The van der Waals surface area contributed by atoms with Crippen molar-refractivity contribution in [1.82, 2.24) is 24.6 Å². The molecule has 0 aliphatic carbocycles. The Morgan fingerprint density at radius 2 is 2.00 bits per heavy atom. The average Bonchev–Trinajstić information content (AvgIpc) is 3.41. The summed E-state index contributed by atoms with van der Waals surface area (Å²) >= 11 is 0. The van der Waals surface area contributed by atoms with E-state index in [0.717, 1.165) is 29.1 Å². The zero-order valence-electron chi connectivity index (χ0n) is 18.6. The highest BCUT2D eigenvalue weighted by Crippen LogP contribution is 2.35. The van der Waals surface area contributed by atoms with Gasteiger partial charge in [0.25, 0.3) is 0 Å². The largest absolute Gasteiger partial charge is 0.479 e. The summed E-state index contributed by atoms with van der Waals surface area (Å²) in [6.45, 7) is 2.10. The molecule has 8 nitrogen and oxygen atoms in total. The summed E-state index contributed by atoms with van der Waals surface area (Å²) in [4.78, 5) is 19.1. The molecule has 3 aromatic heterocycles. The lowest BCUT2D eigenvalue weighted by atomic mass is 10.0. The Labute approximate surface area is 192 Å². The maximum atomic E-state index is 13.2. The van der Waals surface area contributed by atoms with Gasteiger partial charge >= 0.3 is 6.18 Å². The molecule has 11 heteroatoms. The number of aryl methyl sites for hydroxylation is 2. The summed E-state index contributed by atoms with van der Waals surface area (Å²) in [6.07, 6.45) is 0.909. The number of hydrogen-bond acceptors (Lipinski definition) is 6. The van der Waals surface area contributed by atoms with Crippen molar-refractivity contribution in [2.75, 3.05) is 13.7 Å². The molecule has 4 heterocycles. The van der Waals surface area contributed by atoms with Crippen molar-refractivity contribution in [1.29, 1.82) is 0 Å². The summed E-state index contributed by atoms with van der Waals surface area (Å²) in [5.74, 6) is 0.776. The Hall–Kier alpha value is -3.86. The number of aromatic nitrogens is 4. The Balaban J connectivity index is 1.51. The number of nitrogens with zero attached hydrogens (tertiary/aromatic N) is 5. The second kappa shape index (κ2) is 8.17. The third-order valence-corrected chi connectivity index (χ3v) is 5.67. The van der Waals surface area contributed by atoms with Crippen LogP contribution in [0, 0.1) is 6.92 Å². The van der Waals surface area contributed by atoms with Gasteiger partial charge in [-0.05, 0) is 31.2 Å². The lowest BCUT2D eigenvalue weighted by Crippen LogP contribution is -2.33. The van der Waals surface area contributed by atoms with Crippen LogP contribution >= 0.6 is 0 Å². The number of amidine groups is 1. The summed E-state index contributed by atoms with van der Waals surface area (Å²) in [7, 11) is 3.24. The van der Waals surface area contributed by atoms with Crippen LogP contribution in [0.4, 0.5) is 13.2 Å². The normalized spacial score (nSPS) is 16.4.